The summed E-state index contributed by atoms with van der Waals surface area (Å²) in [6, 6.07) is 12.6. The number of benzene rings is 2. The van der Waals surface area contributed by atoms with Crippen LogP contribution in [0.2, 0.25) is 0 Å². The molecule has 4 nitrogen and oxygen atoms in total. The van der Waals surface area contributed by atoms with Crippen molar-refractivity contribution in [3.8, 4) is 17.2 Å². The van der Waals surface area contributed by atoms with Crippen LogP contribution in [-0.2, 0) is 6.61 Å². The molecular weight excluding hydrogens is 256 g/mol. The van der Waals surface area contributed by atoms with E-state index in [1.807, 2.05) is 12.1 Å². The molecule has 0 saturated heterocycles. The van der Waals surface area contributed by atoms with Crippen molar-refractivity contribution < 1.29 is 19.7 Å². The van der Waals surface area contributed by atoms with Crippen LogP contribution in [0.4, 0.5) is 0 Å². The topological polar surface area (TPSA) is 58.9 Å². The minimum atomic E-state index is -0.720. The highest BCUT2D eigenvalue weighted by atomic mass is 16.5. The molecule has 0 spiro atoms. The molecule has 0 fully saturated rings. The number of rotatable bonds is 5. The lowest BCUT2D eigenvalue weighted by atomic mass is 10.1. The summed E-state index contributed by atoms with van der Waals surface area (Å²) in [5.74, 6) is 1.64. The SMILES string of the molecule is COc1cccc(Oc2ccccc2CO)c1C(C)O. The smallest absolute Gasteiger partial charge is 0.136 e. The number of para-hydroxylation sites is 1. The van der Waals surface area contributed by atoms with Gasteiger partial charge in [0.15, 0.2) is 0 Å². The van der Waals surface area contributed by atoms with Crippen molar-refractivity contribution >= 4 is 0 Å². The fourth-order valence-electron chi connectivity index (χ4n) is 2.06. The second-order valence-corrected chi connectivity index (χ2v) is 4.42. The van der Waals surface area contributed by atoms with Crippen molar-refractivity contribution in [2.45, 2.75) is 19.6 Å². The monoisotopic (exact) mass is 274 g/mol. The number of methoxy groups -OCH3 is 1. The summed E-state index contributed by atoms with van der Waals surface area (Å²) in [6.45, 7) is 1.55. The fourth-order valence-corrected chi connectivity index (χ4v) is 2.06. The maximum atomic E-state index is 9.91. The lowest BCUT2D eigenvalue weighted by Gasteiger charge is -2.17. The van der Waals surface area contributed by atoms with Gasteiger partial charge in [-0.25, -0.2) is 0 Å². The molecule has 0 amide bonds. The van der Waals surface area contributed by atoms with Crippen molar-refractivity contribution in [1.82, 2.24) is 0 Å². The average Bonchev–Trinajstić information content (AvgIpc) is 2.47. The standard InChI is InChI=1S/C16H18O4/c1-11(18)16-14(19-2)8-5-9-15(16)20-13-7-4-3-6-12(13)10-17/h3-9,11,17-18H,10H2,1-2H3. The van der Waals surface area contributed by atoms with Crippen LogP contribution in [0, 0.1) is 0 Å². The molecule has 106 valence electrons. The Morgan fingerprint density at radius 1 is 1.00 bits per heavy atom. The third-order valence-electron chi connectivity index (χ3n) is 3.03. The summed E-state index contributed by atoms with van der Waals surface area (Å²) in [5, 5.41) is 19.2. The summed E-state index contributed by atoms with van der Waals surface area (Å²) in [6.07, 6.45) is -0.720. The van der Waals surface area contributed by atoms with Gasteiger partial charge in [-0.1, -0.05) is 24.3 Å². The van der Waals surface area contributed by atoms with Crippen LogP contribution in [0.25, 0.3) is 0 Å². The molecule has 2 aromatic carbocycles. The van der Waals surface area contributed by atoms with Gasteiger partial charge in [0, 0.05) is 5.56 Å². The molecule has 1 atom stereocenters. The molecule has 2 N–H and O–H groups in total. The summed E-state index contributed by atoms with van der Waals surface area (Å²) >= 11 is 0. The molecule has 0 aliphatic rings. The first-order valence-corrected chi connectivity index (χ1v) is 6.39. The zero-order valence-electron chi connectivity index (χ0n) is 11.5. The first-order valence-electron chi connectivity index (χ1n) is 6.39. The maximum absolute atomic E-state index is 9.91. The Hall–Kier alpha value is -2.04. The molecular formula is C16H18O4. The summed E-state index contributed by atoms with van der Waals surface area (Å²) in [4.78, 5) is 0. The second kappa shape index (κ2) is 6.41. The number of aliphatic hydroxyl groups excluding tert-OH is 2. The molecule has 0 saturated carbocycles. The van der Waals surface area contributed by atoms with Gasteiger partial charge in [0.25, 0.3) is 0 Å². The Morgan fingerprint density at radius 2 is 1.65 bits per heavy atom. The highest BCUT2D eigenvalue weighted by Gasteiger charge is 2.16. The van der Waals surface area contributed by atoms with Gasteiger partial charge in [0.1, 0.15) is 17.2 Å². The molecule has 0 bridgehead atoms. The highest BCUT2D eigenvalue weighted by Crippen LogP contribution is 2.37. The van der Waals surface area contributed by atoms with Crippen LogP contribution < -0.4 is 9.47 Å². The van der Waals surface area contributed by atoms with E-state index in [0.717, 1.165) is 0 Å². The molecule has 2 rings (SSSR count). The van der Waals surface area contributed by atoms with Crippen molar-refractivity contribution in [2.24, 2.45) is 0 Å². The zero-order valence-corrected chi connectivity index (χ0v) is 11.5. The third kappa shape index (κ3) is 2.92. The van der Waals surface area contributed by atoms with E-state index in [1.165, 1.54) is 0 Å². The Balaban J connectivity index is 2.43. The number of hydrogen-bond acceptors (Lipinski definition) is 4. The molecule has 0 aliphatic heterocycles. The van der Waals surface area contributed by atoms with Crippen LogP contribution >= 0.6 is 0 Å². The van der Waals surface area contributed by atoms with Crippen LogP contribution in [0.5, 0.6) is 17.2 Å². The molecule has 2 aromatic rings. The fraction of sp³-hybridized carbons (Fsp3) is 0.250. The number of hydrogen-bond donors (Lipinski definition) is 2. The largest absolute Gasteiger partial charge is 0.496 e. The van der Waals surface area contributed by atoms with E-state index in [0.29, 0.717) is 28.4 Å². The van der Waals surface area contributed by atoms with E-state index < -0.39 is 6.10 Å². The summed E-state index contributed by atoms with van der Waals surface area (Å²) in [7, 11) is 1.55. The Bertz CT molecular complexity index is 578. The van der Waals surface area contributed by atoms with E-state index in [4.69, 9.17) is 9.47 Å². The van der Waals surface area contributed by atoms with Crippen LogP contribution in [-0.4, -0.2) is 17.3 Å². The molecule has 0 heterocycles. The third-order valence-corrected chi connectivity index (χ3v) is 3.03. The van der Waals surface area contributed by atoms with E-state index in [-0.39, 0.29) is 6.61 Å². The first-order chi connectivity index (χ1) is 9.67. The van der Waals surface area contributed by atoms with Gasteiger partial charge in [-0.3, -0.25) is 0 Å². The summed E-state index contributed by atoms with van der Waals surface area (Å²) in [5.41, 5.74) is 1.27. The van der Waals surface area contributed by atoms with Crippen molar-refractivity contribution in [2.75, 3.05) is 7.11 Å². The molecule has 4 heteroatoms. The Labute approximate surface area is 118 Å². The number of ether oxygens (including phenoxy) is 2. The predicted molar refractivity (Wildman–Crippen MR) is 76.1 cm³/mol. The lowest BCUT2D eigenvalue weighted by Crippen LogP contribution is -2.01. The lowest BCUT2D eigenvalue weighted by molar-refractivity contribution is 0.190. The van der Waals surface area contributed by atoms with Crippen LogP contribution in [0.3, 0.4) is 0 Å². The van der Waals surface area contributed by atoms with Gasteiger partial charge in [-0.05, 0) is 25.1 Å². The summed E-state index contributed by atoms with van der Waals surface area (Å²) < 4.78 is 11.1. The highest BCUT2D eigenvalue weighted by molar-refractivity contribution is 5.48. The minimum absolute atomic E-state index is 0.107. The number of aliphatic hydroxyl groups is 2. The van der Waals surface area contributed by atoms with Crippen LogP contribution in [0.15, 0.2) is 42.5 Å². The van der Waals surface area contributed by atoms with E-state index in [1.54, 1.807) is 44.4 Å². The van der Waals surface area contributed by atoms with Gasteiger partial charge in [-0.2, -0.15) is 0 Å². The Morgan fingerprint density at radius 3 is 2.30 bits per heavy atom. The first kappa shape index (κ1) is 14.4. The van der Waals surface area contributed by atoms with Gasteiger partial charge < -0.3 is 19.7 Å². The van der Waals surface area contributed by atoms with Gasteiger partial charge in [0.2, 0.25) is 0 Å². The van der Waals surface area contributed by atoms with E-state index >= 15 is 0 Å². The van der Waals surface area contributed by atoms with Crippen molar-refractivity contribution in [3.63, 3.8) is 0 Å². The quantitative estimate of drug-likeness (QED) is 0.880. The normalized spacial score (nSPS) is 12.0. The van der Waals surface area contributed by atoms with E-state index in [2.05, 4.69) is 0 Å². The van der Waals surface area contributed by atoms with Crippen LogP contribution in [0.1, 0.15) is 24.2 Å². The zero-order chi connectivity index (χ0) is 14.5. The molecule has 20 heavy (non-hydrogen) atoms. The van der Waals surface area contributed by atoms with Crippen molar-refractivity contribution in [1.29, 1.82) is 0 Å². The minimum Gasteiger partial charge on any atom is -0.496 e. The second-order valence-electron chi connectivity index (χ2n) is 4.42. The molecule has 0 aliphatic carbocycles. The van der Waals surface area contributed by atoms with Gasteiger partial charge in [0.05, 0.1) is 25.4 Å². The molecule has 0 radical (unpaired) electrons. The van der Waals surface area contributed by atoms with Gasteiger partial charge in [-0.15, -0.1) is 0 Å². The molecule has 0 aromatic heterocycles. The molecule has 1 unspecified atom stereocenters. The van der Waals surface area contributed by atoms with Crippen molar-refractivity contribution in [3.05, 3.63) is 53.6 Å². The van der Waals surface area contributed by atoms with E-state index in [9.17, 15) is 10.2 Å². The predicted octanol–water partition coefficient (Wildman–Crippen LogP) is 3.03. The maximum Gasteiger partial charge on any atom is 0.136 e. The average molecular weight is 274 g/mol. The van der Waals surface area contributed by atoms with Gasteiger partial charge >= 0.3 is 0 Å². The Kier molecular flexibility index (Phi) is 4.61.